The molecule has 2 aromatic rings. The molecule has 4 nitrogen and oxygen atoms in total. The van der Waals surface area contributed by atoms with Crippen molar-refractivity contribution in [2.45, 2.75) is 25.4 Å². The number of hydrogen-bond donors (Lipinski definition) is 1. The van der Waals surface area contributed by atoms with E-state index in [0.717, 1.165) is 48.3 Å². The summed E-state index contributed by atoms with van der Waals surface area (Å²) in [5.41, 5.74) is 2.24. The van der Waals surface area contributed by atoms with Gasteiger partial charge in [-0.15, -0.1) is 0 Å². The van der Waals surface area contributed by atoms with Crippen molar-refractivity contribution >= 4 is 21.6 Å². The third-order valence-electron chi connectivity index (χ3n) is 3.77. The molecule has 0 atom stereocenters. The van der Waals surface area contributed by atoms with Crippen LogP contribution in [0.25, 0.3) is 0 Å². The highest BCUT2D eigenvalue weighted by Crippen LogP contribution is 2.19. The molecule has 1 saturated heterocycles. The first-order valence-electron chi connectivity index (χ1n) is 7.29. The molecule has 1 aliphatic heterocycles. The Balaban J connectivity index is 1.49. The lowest BCUT2D eigenvalue weighted by atomic mass is 10.0. The van der Waals surface area contributed by atoms with Gasteiger partial charge < -0.3 is 5.32 Å². The molecular formula is C16H19BrN4. The molecule has 3 rings (SSSR count). The van der Waals surface area contributed by atoms with E-state index in [1.165, 1.54) is 0 Å². The number of halogens is 1. The average molecular weight is 347 g/mol. The van der Waals surface area contributed by atoms with Crippen molar-refractivity contribution in [2.75, 3.05) is 18.4 Å². The molecule has 0 spiro atoms. The summed E-state index contributed by atoms with van der Waals surface area (Å²) in [6, 6.07) is 8.72. The molecule has 1 aliphatic rings. The van der Waals surface area contributed by atoms with Crippen molar-refractivity contribution in [2.24, 2.45) is 0 Å². The molecule has 110 valence electrons. The fourth-order valence-corrected chi connectivity index (χ4v) is 3.05. The van der Waals surface area contributed by atoms with Crippen LogP contribution in [0.5, 0.6) is 0 Å². The molecule has 3 heterocycles. The SMILES string of the molecule is Brc1cncc(NC2CCN(Cc3ccccn3)CC2)c1. The quantitative estimate of drug-likeness (QED) is 0.921. The lowest BCUT2D eigenvalue weighted by Crippen LogP contribution is -2.38. The minimum atomic E-state index is 0.529. The van der Waals surface area contributed by atoms with Gasteiger partial charge in [0.15, 0.2) is 0 Å². The zero-order valence-corrected chi connectivity index (χ0v) is 13.5. The number of rotatable bonds is 4. The predicted molar refractivity (Wildman–Crippen MR) is 88.1 cm³/mol. The highest BCUT2D eigenvalue weighted by Gasteiger charge is 2.19. The normalized spacial score (nSPS) is 16.8. The van der Waals surface area contributed by atoms with Gasteiger partial charge in [0.2, 0.25) is 0 Å². The van der Waals surface area contributed by atoms with Crippen molar-refractivity contribution < 1.29 is 0 Å². The number of hydrogen-bond acceptors (Lipinski definition) is 4. The van der Waals surface area contributed by atoms with E-state index in [1.807, 2.05) is 18.5 Å². The Morgan fingerprint density at radius 1 is 1.24 bits per heavy atom. The highest BCUT2D eigenvalue weighted by molar-refractivity contribution is 9.10. The number of nitrogens with zero attached hydrogens (tertiary/aromatic N) is 3. The lowest BCUT2D eigenvalue weighted by molar-refractivity contribution is 0.209. The standard InChI is InChI=1S/C16H19BrN4/c17-13-9-16(11-18-10-13)20-14-4-7-21(8-5-14)12-15-3-1-2-6-19-15/h1-3,6,9-11,14,20H,4-5,7-8,12H2. The topological polar surface area (TPSA) is 41.1 Å². The maximum atomic E-state index is 4.40. The average Bonchev–Trinajstić information content (AvgIpc) is 2.50. The largest absolute Gasteiger partial charge is 0.381 e. The van der Waals surface area contributed by atoms with Crippen molar-refractivity contribution in [1.29, 1.82) is 0 Å². The molecule has 0 aromatic carbocycles. The summed E-state index contributed by atoms with van der Waals surface area (Å²) in [6.07, 6.45) is 7.86. The Kier molecular flexibility index (Phi) is 4.83. The molecule has 0 saturated carbocycles. The molecule has 0 amide bonds. The fourth-order valence-electron chi connectivity index (χ4n) is 2.68. The summed E-state index contributed by atoms with van der Waals surface area (Å²) in [5.74, 6) is 0. The molecule has 2 aromatic heterocycles. The van der Waals surface area contributed by atoms with Crippen LogP contribution in [0.4, 0.5) is 5.69 Å². The van der Waals surface area contributed by atoms with Crippen molar-refractivity contribution in [3.05, 3.63) is 53.0 Å². The van der Waals surface area contributed by atoms with E-state index in [2.05, 4.69) is 54.3 Å². The second-order valence-electron chi connectivity index (χ2n) is 5.41. The third kappa shape index (κ3) is 4.25. The van der Waals surface area contributed by atoms with Gasteiger partial charge in [-0.2, -0.15) is 0 Å². The summed E-state index contributed by atoms with van der Waals surface area (Å²) in [7, 11) is 0. The minimum Gasteiger partial charge on any atom is -0.381 e. The summed E-state index contributed by atoms with van der Waals surface area (Å²) < 4.78 is 1.01. The van der Waals surface area contributed by atoms with E-state index in [9.17, 15) is 0 Å². The Hall–Kier alpha value is -1.46. The monoisotopic (exact) mass is 346 g/mol. The molecular weight excluding hydrogens is 328 g/mol. The van der Waals surface area contributed by atoms with Gasteiger partial charge >= 0.3 is 0 Å². The van der Waals surface area contributed by atoms with Gasteiger partial charge in [0.1, 0.15) is 0 Å². The van der Waals surface area contributed by atoms with E-state index in [1.54, 1.807) is 6.20 Å². The van der Waals surface area contributed by atoms with Crippen molar-refractivity contribution in [3.8, 4) is 0 Å². The Morgan fingerprint density at radius 3 is 2.81 bits per heavy atom. The smallest absolute Gasteiger partial charge is 0.0543 e. The van der Waals surface area contributed by atoms with Crippen LogP contribution in [0.15, 0.2) is 47.3 Å². The maximum Gasteiger partial charge on any atom is 0.0543 e. The summed E-state index contributed by atoms with van der Waals surface area (Å²) in [4.78, 5) is 11.1. The van der Waals surface area contributed by atoms with Gasteiger partial charge in [-0.25, -0.2) is 0 Å². The van der Waals surface area contributed by atoms with Crippen LogP contribution < -0.4 is 5.32 Å². The Morgan fingerprint density at radius 2 is 2.10 bits per heavy atom. The van der Waals surface area contributed by atoms with E-state index >= 15 is 0 Å². The van der Waals surface area contributed by atoms with Crippen LogP contribution in [-0.4, -0.2) is 34.0 Å². The van der Waals surface area contributed by atoms with Crippen LogP contribution in [-0.2, 0) is 6.54 Å². The number of piperidine rings is 1. The molecule has 1 fully saturated rings. The third-order valence-corrected chi connectivity index (χ3v) is 4.21. The van der Waals surface area contributed by atoms with E-state index in [-0.39, 0.29) is 0 Å². The summed E-state index contributed by atoms with van der Waals surface area (Å²) in [5, 5.41) is 3.57. The minimum absolute atomic E-state index is 0.529. The second kappa shape index (κ2) is 7.00. The zero-order chi connectivity index (χ0) is 14.5. The first-order chi connectivity index (χ1) is 10.3. The van der Waals surface area contributed by atoms with Crippen molar-refractivity contribution in [1.82, 2.24) is 14.9 Å². The van der Waals surface area contributed by atoms with E-state index in [4.69, 9.17) is 0 Å². The lowest BCUT2D eigenvalue weighted by Gasteiger charge is -2.32. The maximum absolute atomic E-state index is 4.40. The van der Waals surface area contributed by atoms with Crippen LogP contribution >= 0.6 is 15.9 Å². The molecule has 0 bridgehead atoms. The highest BCUT2D eigenvalue weighted by atomic mass is 79.9. The number of nitrogens with one attached hydrogen (secondary N) is 1. The van der Waals surface area contributed by atoms with Crippen LogP contribution in [0.3, 0.4) is 0 Å². The zero-order valence-electron chi connectivity index (χ0n) is 11.9. The van der Waals surface area contributed by atoms with E-state index in [0.29, 0.717) is 6.04 Å². The van der Waals surface area contributed by atoms with Gasteiger partial charge in [0.05, 0.1) is 17.6 Å². The number of likely N-dealkylation sites (tertiary alicyclic amines) is 1. The molecule has 0 radical (unpaired) electrons. The van der Waals surface area contributed by atoms with Gasteiger partial charge in [-0.05, 0) is 47.0 Å². The number of anilines is 1. The first-order valence-corrected chi connectivity index (χ1v) is 8.08. The van der Waals surface area contributed by atoms with Crippen LogP contribution in [0.2, 0.25) is 0 Å². The fraction of sp³-hybridized carbons (Fsp3) is 0.375. The summed E-state index contributed by atoms with van der Waals surface area (Å²) in [6.45, 7) is 3.16. The second-order valence-corrected chi connectivity index (χ2v) is 6.32. The van der Waals surface area contributed by atoms with Gasteiger partial charge in [0.25, 0.3) is 0 Å². The molecule has 1 N–H and O–H groups in total. The van der Waals surface area contributed by atoms with Crippen LogP contribution in [0, 0.1) is 0 Å². The molecule has 0 unspecified atom stereocenters. The van der Waals surface area contributed by atoms with Crippen molar-refractivity contribution in [3.63, 3.8) is 0 Å². The molecule has 5 heteroatoms. The first kappa shape index (κ1) is 14.5. The number of aromatic nitrogens is 2. The summed E-state index contributed by atoms with van der Waals surface area (Å²) >= 11 is 3.46. The Bertz CT molecular complexity index is 567. The Labute approximate surface area is 133 Å². The predicted octanol–water partition coefficient (Wildman–Crippen LogP) is 3.32. The van der Waals surface area contributed by atoms with Gasteiger partial charge in [0, 0.05) is 42.5 Å². The molecule has 0 aliphatic carbocycles. The van der Waals surface area contributed by atoms with Gasteiger partial charge in [-0.1, -0.05) is 6.07 Å². The van der Waals surface area contributed by atoms with Gasteiger partial charge in [-0.3, -0.25) is 14.9 Å². The number of pyridine rings is 2. The van der Waals surface area contributed by atoms with Crippen LogP contribution in [0.1, 0.15) is 18.5 Å². The van der Waals surface area contributed by atoms with E-state index < -0.39 is 0 Å². The molecule has 21 heavy (non-hydrogen) atoms.